The highest BCUT2D eigenvalue weighted by Crippen LogP contribution is 2.23. The molecule has 1 aromatic carbocycles. The van der Waals surface area contributed by atoms with Gasteiger partial charge in [0.15, 0.2) is 11.6 Å². The lowest BCUT2D eigenvalue weighted by molar-refractivity contribution is 0.481. The molecule has 0 aromatic heterocycles. The maximum Gasteiger partial charge on any atom is 0.184 e. The fourth-order valence-corrected chi connectivity index (χ4v) is 1.25. The molecule has 14 heavy (non-hydrogen) atoms. The van der Waals surface area contributed by atoms with Gasteiger partial charge in [-0.15, -0.1) is 0 Å². The maximum atomic E-state index is 13.2. The number of benzene rings is 1. The molecule has 0 aliphatic carbocycles. The van der Waals surface area contributed by atoms with Gasteiger partial charge in [0.2, 0.25) is 0 Å². The second-order valence-electron chi connectivity index (χ2n) is 3.66. The maximum absolute atomic E-state index is 13.2. The molecule has 2 N–H and O–H groups in total. The Morgan fingerprint density at radius 2 is 1.79 bits per heavy atom. The van der Waals surface area contributed by atoms with E-state index in [0.717, 1.165) is 6.07 Å². The summed E-state index contributed by atoms with van der Waals surface area (Å²) in [6, 6.07) is 0.952. The lowest BCUT2D eigenvalue weighted by Crippen LogP contribution is -2.05. The second-order valence-corrected chi connectivity index (χ2v) is 3.66. The van der Waals surface area contributed by atoms with Crippen LogP contribution in [0.1, 0.15) is 19.4 Å². The van der Waals surface area contributed by atoms with Crippen LogP contribution in [0.3, 0.4) is 0 Å². The molecule has 0 fully saturated rings. The van der Waals surface area contributed by atoms with Gasteiger partial charge in [0.25, 0.3) is 0 Å². The Labute approximate surface area is 80.7 Å². The molecule has 0 unspecified atom stereocenters. The van der Waals surface area contributed by atoms with Gasteiger partial charge in [-0.3, -0.25) is 0 Å². The van der Waals surface area contributed by atoms with Crippen molar-refractivity contribution < 1.29 is 13.2 Å². The van der Waals surface area contributed by atoms with Crippen molar-refractivity contribution in [1.29, 1.82) is 0 Å². The van der Waals surface area contributed by atoms with E-state index in [4.69, 9.17) is 5.73 Å². The summed E-state index contributed by atoms with van der Waals surface area (Å²) in [4.78, 5) is 0. The summed E-state index contributed by atoms with van der Waals surface area (Å²) >= 11 is 0. The van der Waals surface area contributed by atoms with Crippen LogP contribution >= 0.6 is 0 Å². The van der Waals surface area contributed by atoms with Gasteiger partial charge >= 0.3 is 0 Å². The zero-order valence-corrected chi connectivity index (χ0v) is 8.07. The molecule has 0 saturated carbocycles. The fraction of sp³-hybridized carbons (Fsp3) is 0.400. The molecule has 0 amide bonds. The van der Waals surface area contributed by atoms with Gasteiger partial charge in [0.1, 0.15) is 11.5 Å². The molecule has 0 heterocycles. The van der Waals surface area contributed by atoms with Crippen molar-refractivity contribution in [2.45, 2.75) is 20.3 Å². The largest absolute Gasteiger partial charge is 0.394 e. The topological polar surface area (TPSA) is 26.0 Å². The highest BCUT2D eigenvalue weighted by atomic mass is 19.2. The third kappa shape index (κ3) is 2.00. The average molecular weight is 203 g/mol. The summed E-state index contributed by atoms with van der Waals surface area (Å²) < 4.78 is 39.1. The number of hydrogen-bond acceptors (Lipinski definition) is 1. The number of rotatable bonds is 2. The summed E-state index contributed by atoms with van der Waals surface area (Å²) in [6.45, 7) is 3.68. The second kappa shape index (κ2) is 3.90. The van der Waals surface area contributed by atoms with E-state index in [1.165, 1.54) is 0 Å². The molecule has 4 heteroatoms. The summed E-state index contributed by atoms with van der Waals surface area (Å²) in [5.41, 5.74) is 4.27. The van der Waals surface area contributed by atoms with Gasteiger partial charge in [-0.05, 0) is 24.0 Å². The van der Waals surface area contributed by atoms with Gasteiger partial charge in [-0.2, -0.15) is 0 Å². The van der Waals surface area contributed by atoms with E-state index < -0.39 is 23.1 Å². The predicted molar refractivity (Wildman–Crippen MR) is 49.3 cm³/mol. The standard InChI is InChI=1S/C10H12F3N/c1-5(2)3-6-4-7(11)10(14)9(13)8(6)12/h4-5H,3,14H2,1-2H3. The van der Waals surface area contributed by atoms with Crippen molar-refractivity contribution in [3.63, 3.8) is 0 Å². The predicted octanol–water partition coefficient (Wildman–Crippen LogP) is 2.88. The Morgan fingerprint density at radius 1 is 1.21 bits per heavy atom. The number of nitrogens with two attached hydrogens (primary N) is 1. The molecule has 0 saturated heterocycles. The Balaban J connectivity index is 3.19. The molecule has 0 bridgehead atoms. The van der Waals surface area contributed by atoms with Gasteiger partial charge < -0.3 is 5.73 Å². The van der Waals surface area contributed by atoms with E-state index >= 15 is 0 Å². The zero-order valence-electron chi connectivity index (χ0n) is 8.07. The summed E-state index contributed by atoms with van der Waals surface area (Å²) in [5.74, 6) is -3.11. The van der Waals surface area contributed by atoms with Crippen LogP contribution in [-0.4, -0.2) is 0 Å². The van der Waals surface area contributed by atoms with Crippen LogP contribution in [0.25, 0.3) is 0 Å². The Kier molecular flexibility index (Phi) is 3.03. The van der Waals surface area contributed by atoms with Crippen molar-refractivity contribution in [2.24, 2.45) is 5.92 Å². The van der Waals surface area contributed by atoms with Crippen molar-refractivity contribution in [3.05, 3.63) is 29.1 Å². The molecule has 1 nitrogen and oxygen atoms in total. The monoisotopic (exact) mass is 203 g/mol. The first-order valence-corrected chi connectivity index (χ1v) is 4.35. The first kappa shape index (κ1) is 10.9. The lowest BCUT2D eigenvalue weighted by Gasteiger charge is -2.08. The summed E-state index contributed by atoms with van der Waals surface area (Å²) in [6.07, 6.45) is 0.292. The molecular formula is C10H12F3N. The van der Waals surface area contributed by atoms with E-state index in [1.54, 1.807) is 0 Å². The van der Waals surface area contributed by atoms with Crippen LogP contribution < -0.4 is 5.73 Å². The van der Waals surface area contributed by atoms with Crippen molar-refractivity contribution >= 4 is 5.69 Å². The van der Waals surface area contributed by atoms with E-state index in [0.29, 0.717) is 6.42 Å². The van der Waals surface area contributed by atoms with Gasteiger partial charge in [-0.25, -0.2) is 13.2 Å². The van der Waals surface area contributed by atoms with E-state index in [2.05, 4.69) is 0 Å². The van der Waals surface area contributed by atoms with Crippen molar-refractivity contribution in [3.8, 4) is 0 Å². The molecule has 1 aromatic rings. The van der Waals surface area contributed by atoms with Crippen LogP contribution in [0.2, 0.25) is 0 Å². The number of halogens is 3. The summed E-state index contributed by atoms with van der Waals surface area (Å²) in [5, 5.41) is 0. The highest BCUT2D eigenvalue weighted by molar-refractivity contribution is 5.44. The molecular weight excluding hydrogens is 191 g/mol. The Bertz CT molecular complexity index is 348. The van der Waals surface area contributed by atoms with E-state index in [-0.39, 0.29) is 11.5 Å². The van der Waals surface area contributed by atoms with Crippen LogP contribution in [0, 0.1) is 23.4 Å². The lowest BCUT2D eigenvalue weighted by atomic mass is 10.0. The zero-order chi connectivity index (χ0) is 10.9. The molecule has 0 aliphatic rings. The Hall–Kier alpha value is -1.19. The van der Waals surface area contributed by atoms with Crippen molar-refractivity contribution in [1.82, 2.24) is 0 Å². The Morgan fingerprint density at radius 3 is 2.29 bits per heavy atom. The molecule has 0 aliphatic heterocycles. The van der Waals surface area contributed by atoms with Crippen LogP contribution in [0.5, 0.6) is 0 Å². The van der Waals surface area contributed by atoms with Crippen LogP contribution in [-0.2, 0) is 6.42 Å². The van der Waals surface area contributed by atoms with Gasteiger partial charge in [0, 0.05) is 0 Å². The molecule has 1 rings (SSSR count). The highest BCUT2D eigenvalue weighted by Gasteiger charge is 2.16. The minimum absolute atomic E-state index is 0.0317. The SMILES string of the molecule is CC(C)Cc1cc(F)c(N)c(F)c1F. The number of anilines is 1. The van der Waals surface area contributed by atoms with E-state index in [1.807, 2.05) is 13.8 Å². The quantitative estimate of drug-likeness (QED) is 0.580. The minimum Gasteiger partial charge on any atom is -0.394 e. The third-order valence-corrected chi connectivity index (χ3v) is 1.90. The first-order valence-electron chi connectivity index (χ1n) is 4.35. The van der Waals surface area contributed by atoms with Crippen LogP contribution in [0.15, 0.2) is 6.07 Å². The molecule has 0 radical (unpaired) electrons. The minimum atomic E-state index is -1.29. The normalized spacial score (nSPS) is 11.0. The number of nitrogen functional groups attached to an aromatic ring is 1. The smallest absolute Gasteiger partial charge is 0.184 e. The fourth-order valence-electron chi connectivity index (χ4n) is 1.25. The van der Waals surface area contributed by atoms with Crippen molar-refractivity contribution in [2.75, 3.05) is 5.73 Å². The molecule has 0 atom stereocenters. The third-order valence-electron chi connectivity index (χ3n) is 1.90. The first-order chi connectivity index (χ1) is 6.43. The van der Waals surface area contributed by atoms with Crippen LogP contribution in [0.4, 0.5) is 18.9 Å². The average Bonchev–Trinajstić information content (AvgIpc) is 2.10. The number of hydrogen-bond donors (Lipinski definition) is 1. The van der Waals surface area contributed by atoms with E-state index in [9.17, 15) is 13.2 Å². The van der Waals surface area contributed by atoms with Gasteiger partial charge in [0.05, 0.1) is 0 Å². The summed E-state index contributed by atoms with van der Waals surface area (Å²) in [7, 11) is 0. The molecule has 78 valence electrons. The van der Waals surface area contributed by atoms with Gasteiger partial charge in [-0.1, -0.05) is 13.8 Å². The molecule has 0 spiro atoms.